The molecular formula is C37H62N6O9. The average Bonchev–Trinajstić information content (AvgIpc) is 3.37. The van der Waals surface area contributed by atoms with Crippen LogP contribution in [0, 0.1) is 52.2 Å². The van der Waals surface area contributed by atoms with Gasteiger partial charge in [-0.15, -0.1) is 0 Å². The molecule has 1 heterocycles. The van der Waals surface area contributed by atoms with Crippen LogP contribution in [0.2, 0.25) is 0 Å². The van der Waals surface area contributed by atoms with E-state index in [0.717, 1.165) is 37.0 Å². The maximum atomic E-state index is 13.0. The Morgan fingerprint density at radius 1 is 0.885 bits per heavy atom. The maximum Gasteiger partial charge on any atom is 0.357 e. The molecule has 6 rings (SSSR count). The molecule has 0 spiro atoms. The first-order chi connectivity index (χ1) is 24.5. The van der Waals surface area contributed by atoms with Crippen LogP contribution < -0.4 is 26.6 Å². The molecule has 5 saturated carbocycles. The van der Waals surface area contributed by atoms with Crippen molar-refractivity contribution < 1.29 is 44.3 Å². The third-order valence-corrected chi connectivity index (χ3v) is 13.5. The summed E-state index contributed by atoms with van der Waals surface area (Å²) in [4.78, 5) is 49.4. The number of amides is 2. The molecule has 0 aromatic heterocycles. The van der Waals surface area contributed by atoms with E-state index in [2.05, 4.69) is 33.5 Å². The summed E-state index contributed by atoms with van der Waals surface area (Å²) in [6.45, 7) is 9.20. The molecule has 10 unspecified atom stereocenters. The van der Waals surface area contributed by atoms with Gasteiger partial charge in [0.25, 0.3) is 0 Å². The fraction of sp³-hybridized carbons (Fsp3) is 0.865. The van der Waals surface area contributed by atoms with E-state index in [1.54, 1.807) is 0 Å². The summed E-state index contributed by atoms with van der Waals surface area (Å²) < 4.78 is 6.30. The lowest BCUT2D eigenvalue weighted by Gasteiger charge is -2.59. The molecule has 0 aromatic rings. The summed E-state index contributed by atoms with van der Waals surface area (Å²) >= 11 is 0. The van der Waals surface area contributed by atoms with E-state index >= 15 is 0 Å². The first-order valence-electron chi connectivity index (χ1n) is 19.4. The van der Waals surface area contributed by atoms with Crippen molar-refractivity contribution in [3.05, 3.63) is 0 Å². The standard InChI is InChI=1S/C37H62N6O9/c1-6-24(7-2)26(16-40-19(4)44)30-27(11-25(32(30)47)33(48)49)42-35(38)43-37(34(50)51)15-28(46)31(41-20(5)45)29(52-37)17-39-18(3)36-12-21-8-22(13-36)10-23(9-21)14-36/h18,21-32,39,46-47H,6-17H2,1-5H3,(H,40,44)(H,41,45)(H,48,49)(H,50,51)(H3,38,42,43). The van der Waals surface area contributed by atoms with E-state index in [1.165, 1.54) is 33.1 Å². The van der Waals surface area contributed by atoms with Crippen LogP contribution in [-0.2, 0) is 23.9 Å². The highest BCUT2D eigenvalue weighted by Gasteiger charge is 2.56. The highest BCUT2D eigenvalue weighted by atomic mass is 16.6. The number of nitrogens with one attached hydrogen (secondary N) is 6. The zero-order valence-electron chi connectivity index (χ0n) is 31.3. The monoisotopic (exact) mass is 734 g/mol. The summed E-state index contributed by atoms with van der Waals surface area (Å²) in [6.07, 6.45) is 4.65. The van der Waals surface area contributed by atoms with Crippen molar-refractivity contribution in [3.63, 3.8) is 0 Å². The molecular weight excluding hydrogens is 672 g/mol. The predicted octanol–water partition coefficient (Wildman–Crippen LogP) is 1.37. The molecule has 294 valence electrons. The molecule has 10 atom stereocenters. The van der Waals surface area contributed by atoms with Gasteiger partial charge in [-0.3, -0.25) is 19.8 Å². The molecule has 1 aliphatic heterocycles. The number of carboxylic acid groups (broad SMARTS) is 2. The van der Waals surface area contributed by atoms with Gasteiger partial charge < -0.3 is 51.7 Å². The van der Waals surface area contributed by atoms with Crippen LogP contribution in [-0.4, -0.2) is 105 Å². The summed E-state index contributed by atoms with van der Waals surface area (Å²) in [6, 6.07) is -1.58. The molecule has 1 saturated heterocycles. The van der Waals surface area contributed by atoms with Gasteiger partial charge in [0.1, 0.15) is 0 Å². The highest BCUT2D eigenvalue weighted by molar-refractivity contribution is 5.86. The van der Waals surface area contributed by atoms with Crippen LogP contribution in [0.3, 0.4) is 0 Å². The molecule has 6 fully saturated rings. The third-order valence-electron chi connectivity index (χ3n) is 13.5. The topological polar surface area (TPSA) is 242 Å². The minimum absolute atomic E-state index is 0.0208. The Bertz CT molecular complexity index is 1310. The lowest BCUT2D eigenvalue weighted by Crippen LogP contribution is -2.71. The molecule has 15 heteroatoms. The summed E-state index contributed by atoms with van der Waals surface area (Å²) in [5.41, 5.74) is -2.12. The quantitative estimate of drug-likeness (QED) is 0.0848. The Hall–Kier alpha value is -3.01. The zero-order valence-corrected chi connectivity index (χ0v) is 31.3. The minimum Gasteiger partial charge on any atom is -0.481 e. The van der Waals surface area contributed by atoms with Gasteiger partial charge in [0.15, 0.2) is 5.96 Å². The van der Waals surface area contributed by atoms with E-state index in [9.17, 15) is 39.6 Å². The molecule has 4 bridgehead atoms. The van der Waals surface area contributed by atoms with Gasteiger partial charge in [-0.25, -0.2) is 4.79 Å². The van der Waals surface area contributed by atoms with Gasteiger partial charge in [-0.2, -0.15) is 0 Å². The number of aliphatic hydroxyl groups is 2. The van der Waals surface area contributed by atoms with Crippen LogP contribution in [0.4, 0.5) is 0 Å². The summed E-state index contributed by atoms with van der Waals surface area (Å²) in [5.74, 6) is -3.73. The molecule has 15 nitrogen and oxygen atoms in total. The molecule has 6 aliphatic rings. The van der Waals surface area contributed by atoms with Crippen LogP contribution in [0.5, 0.6) is 0 Å². The van der Waals surface area contributed by atoms with Crippen molar-refractivity contribution in [1.29, 1.82) is 5.41 Å². The van der Waals surface area contributed by atoms with Gasteiger partial charge in [0, 0.05) is 51.4 Å². The van der Waals surface area contributed by atoms with Gasteiger partial charge in [0.05, 0.1) is 30.3 Å². The zero-order chi connectivity index (χ0) is 38.1. The number of carboxylic acids is 2. The SMILES string of the molecule is CCC(CC)C(CNC(C)=O)C1C(NC(=N)NC2(C(=O)O)CC(O)C(NC(C)=O)C(CNC(C)C34CC5CC(CC(C5)C3)C4)O2)CC(C(=O)O)C1O. The second-order valence-electron chi connectivity index (χ2n) is 16.9. The van der Waals surface area contributed by atoms with Crippen molar-refractivity contribution in [2.24, 2.45) is 46.8 Å². The molecule has 5 aliphatic carbocycles. The average molecular weight is 735 g/mol. The summed E-state index contributed by atoms with van der Waals surface area (Å²) in [5, 5.41) is 67.0. The van der Waals surface area contributed by atoms with E-state index in [1.807, 2.05) is 13.8 Å². The molecule has 0 aromatic carbocycles. The van der Waals surface area contributed by atoms with Gasteiger partial charge in [-0.1, -0.05) is 26.7 Å². The summed E-state index contributed by atoms with van der Waals surface area (Å²) in [7, 11) is 0. The van der Waals surface area contributed by atoms with Crippen molar-refractivity contribution >= 4 is 29.7 Å². The normalized spacial score (nSPS) is 39.1. The third kappa shape index (κ3) is 8.37. The predicted molar refractivity (Wildman–Crippen MR) is 191 cm³/mol. The number of aliphatic hydroxyl groups excluding tert-OH is 2. The Morgan fingerprint density at radius 2 is 1.48 bits per heavy atom. The number of guanidine groups is 1. The Labute approximate surface area is 306 Å². The number of rotatable bonds is 15. The fourth-order valence-electron chi connectivity index (χ4n) is 11.4. The number of hydrogen-bond donors (Lipinski definition) is 10. The van der Waals surface area contributed by atoms with E-state index in [-0.39, 0.29) is 48.7 Å². The number of ether oxygens (including phenoxy) is 1. The largest absolute Gasteiger partial charge is 0.481 e. The second-order valence-corrected chi connectivity index (χ2v) is 16.9. The fourth-order valence-corrected chi connectivity index (χ4v) is 11.4. The Kier molecular flexibility index (Phi) is 12.5. The lowest BCUT2D eigenvalue weighted by molar-refractivity contribution is -0.208. The van der Waals surface area contributed by atoms with Crippen molar-refractivity contribution in [1.82, 2.24) is 26.6 Å². The maximum absolute atomic E-state index is 13.0. The van der Waals surface area contributed by atoms with Crippen LogP contribution in [0.25, 0.3) is 0 Å². The lowest BCUT2D eigenvalue weighted by atomic mass is 9.48. The number of hydrogen-bond acceptors (Lipinski definition) is 9. The number of aliphatic carboxylic acids is 2. The van der Waals surface area contributed by atoms with Gasteiger partial charge in [-0.05, 0) is 86.9 Å². The van der Waals surface area contributed by atoms with Crippen LogP contribution >= 0.6 is 0 Å². The minimum atomic E-state index is -2.27. The molecule has 0 radical (unpaired) electrons. The van der Waals surface area contributed by atoms with Crippen molar-refractivity contribution in [3.8, 4) is 0 Å². The molecule has 52 heavy (non-hydrogen) atoms. The Balaban J connectivity index is 1.34. The van der Waals surface area contributed by atoms with Crippen molar-refractivity contribution in [2.45, 2.75) is 141 Å². The van der Waals surface area contributed by atoms with Crippen molar-refractivity contribution in [2.75, 3.05) is 13.1 Å². The molecule has 10 N–H and O–H groups in total. The van der Waals surface area contributed by atoms with Gasteiger partial charge >= 0.3 is 11.9 Å². The first-order valence-corrected chi connectivity index (χ1v) is 19.4. The van der Waals surface area contributed by atoms with E-state index in [4.69, 9.17) is 10.1 Å². The molecule has 2 amide bonds. The van der Waals surface area contributed by atoms with Crippen LogP contribution in [0.1, 0.15) is 98.8 Å². The van der Waals surface area contributed by atoms with Crippen LogP contribution in [0.15, 0.2) is 0 Å². The second kappa shape index (κ2) is 16.2. The highest BCUT2D eigenvalue weighted by Crippen LogP contribution is 2.61. The Morgan fingerprint density at radius 3 is 1.98 bits per heavy atom. The first kappa shape index (κ1) is 40.2. The number of carbonyl (C=O) groups excluding carboxylic acids is 2. The van der Waals surface area contributed by atoms with Gasteiger partial charge in [0.2, 0.25) is 17.5 Å². The van der Waals surface area contributed by atoms with E-state index in [0.29, 0.717) is 12.8 Å². The smallest absolute Gasteiger partial charge is 0.357 e. The van der Waals surface area contributed by atoms with E-state index < -0.39 is 78.2 Å². The number of carbonyl (C=O) groups is 4.